The van der Waals surface area contributed by atoms with E-state index < -0.39 is 12.0 Å². The average Bonchev–Trinajstić information content (AvgIpc) is 2.87. The van der Waals surface area contributed by atoms with Crippen molar-refractivity contribution in [2.24, 2.45) is 0 Å². The number of benzene rings is 1. The second-order valence-electron chi connectivity index (χ2n) is 4.67. The molecule has 0 saturated carbocycles. The van der Waals surface area contributed by atoms with Crippen molar-refractivity contribution in [2.45, 2.75) is 26.1 Å². The Balaban J connectivity index is 1.60. The van der Waals surface area contributed by atoms with Gasteiger partial charge in [0.05, 0.1) is 19.7 Å². The summed E-state index contributed by atoms with van der Waals surface area (Å²) in [4.78, 5) is 13.1. The molecule has 1 aliphatic rings. The van der Waals surface area contributed by atoms with Crippen molar-refractivity contribution in [3.63, 3.8) is 0 Å². The Morgan fingerprint density at radius 2 is 2.25 bits per heavy atom. The highest BCUT2D eigenvalue weighted by Crippen LogP contribution is 2.09. The lowest BCUT2D eigenvalue weighted by atomic mass is 10.2. The summed E-state index contributed by atoms with van der Waals surface area (Å²) in [5.74, 6) is 0. The minimum Gasteiger partial charge on any atom is -0.356 e. The fourth-order valence-corrected chi connectivity index (χ4v) is 2.19. The van der Waals surface area contributed by atoms with Crippen molar-refractivity contribution >= 4 is 0 Å². The van der Waals surface area contributed by atoms with Crippen LogP contribution in [0.4, 0.5) is 0 Å². The zero-order valence-electron chi connectivity index (χ0n) is 10.9. The van der Waals surface area contributed by atoms with E-state index in [9.17, 15) is 9.90 Å². The molecule has 0 amide bonds. The Kier molecular flexibility index (Phi) is 3.64. The molecule has 2 N–H and O–H groups in total. The molecule has 0 aliphatic carbocycles. The Bertz CT molecular complexity index is 622. The summed E-state index contributed by atoms with van der Waals surface area (Å²) < 4.78 is 11.8. The first-order valence-electron chi connectivity index (χ1n) is 6.42. The van der Waals surface area contributed by atoms with Crippen LogP contribution in [0.25, 0.3) is 0 Å². The fourth-order valence-electron chi connectivity index (χ4n) is 2.19. The van der Waals surface area contributed by atoms with Crippen molar-refractivity contribution in [3.8, 4) is 0 Å². The Hall–Kier alpha value is -1.96. The molecule has 0 radical (unpaired) electrons. The monoisotopic (exact) mass is 278 g/mol. The molecule has 1 atom stereocenters. The van der Waals surface area contributed by atoms with E-state index >= 15 is 0 Å². The highest BCUT2D eigenvalue weighted by molar-refractivity contribution is 5.13. The Labute approximate surface area is 114 Å². The van der Waals surface area contributed by atoms with E-state index in [1.54, 1.807) is 9.58 Å². The van der Waals surface area contributed by atoms with Gasteiger partial charge in [-0.25, -0.2) is 9.69 Å². The van der Waals surface area contributed by atoms with E-state index in [-0.39, 0.29) is 0 Å². The highest BCUT2D eigenvalue weighted by atomic mass is 16.6. The molecule has 0 bridgehead atoms. The van der Waals surface area contributed by atoms with Crippen LogP contribution in [-0.4, -0.2) is 28.2 Å². The first-order chi connectivity index (χ1) is 9.74. The second-order valence-corrected chi connectivity index (χ2v) is 4.67. The number of hydrogen-bond acceptors (Lipinski definition) is 5. The number of nitrogens with one attached hydrogen (secondary N) is 1. The first kappa shape index (κ1) is 13.0. The number of nitrogens with zero attached hydrogens (tertiary/aromatic N) is 2. The van der Waals surface area contributed by atoms with Crippen LogP contribution in [0, 0.1) is 0 Å². The van der Waals surface area contributed by atoms with Gasteiger partial charge in [0.2, 0.25) is 6.41 Å². The molecule has 7 heteroatoms. The van der Waals surface area contributed by atoms with Crippen molar-refractivity contribution in [1.82, 2.24) is 10.2 Å². The summed E-state index contributed by atoms with van der Waals surface area (Å²) in [5.41, 5.74) is 1.06. The average molecular weight is 278 g/mol. The number of aromatic amines is 1. The molecule has 3 rings (SSSR count). The number of ether oxygens (including phenoxy) is 1. The van der Waals surface area contributed by atoms with Gasteiger partial charge in [0.25, 0.3) is 0 Å². The lowest BCUT2D eigenvalue weighted by molar-refractivity contribution is -0.775. The maximum Gasteiger partial charge on any atom is 0.431 e. The van der Waals surface area contributed by atoms with E-state index in [0.29, 0.717) is 31.9 Å². The standard InChI is InChI=1S/C13H15N3O4/c17-12-11-8-15(6-7-16(11)14-20-12)13(18)19-9-10-4-2-1-3-5-10/h1-5,13,18H,6-9H2/p+1. The molecule has 1 aromatic heterocycles. The molecule has 1 aromatic carbocycles. The van der Waals surface area contributed by atoms with Crippen LogP contribution in [0.1, 0.15) is 11.3 Å². The molecule has 2 aromatic rings. The van der Waals surface area contributed by atoms with E-state index in [0.717, 1.165) is 5.56 Å². The van der Waals surface area contributed by atoms with Gasteiger partial charge in [-0.2, -0.15) is 0 Å². The van der Waals surface area contributed by atoms with E-state index in [2.05, 4.69) is 5.27 Å². The minimum atomic E-state index is -1.04. The zero-order valence-corrected chi connectivity index (χ0v) is 10.9. The number of fused-ring (bicyclic) bond motifs is 1. The quantitative estimate of drug-likeness (QED) is 0.585. The predicted molar refractivity (Wildman–Crippen MR) is 67.2 cm³/mol. The molecule has 0 saturated heterocycles. The van der Waals surface area contributed by atoms with Gasteiger partial charge in [-0.15, -0.1) is 0 Å². The minimum absolute atomic E-state index is 0.293. The van der Waals surface area contributed by atoms with Gasteiger partial charge >= 0.3 is 11.3 Å². The van der Waals surface area contributed by atoms with Crippen molar-refractivity contribution in [2.75, 3.05) is 6.54 Å². The fraction of sp³-hybridized carbons (Fsp3) is 0.385. The lowest BCUT2D eigenvalue weighted by Gasteiger charge is -2.26. The van der Waals surface area contributed by atoms with E-state index in [1.807, 2.05) is 30.3 Å². The third-order valence-corrected chi connectivity index (χ3v) is 3.33. The molecule has 2 heterocycles. The Morgan fingerprint density at radius 1 is 1.45 bits per heavy atom. The van der Waals surface area contributed by atoms with Crippen LogP contribution in [-0.2, 0) is 24.4 Å². The summed E-state index contributed by atoms with van der Waals surface area (Å²) in [6.45, 7) is 1.73. The topological polar surface area (TPSA) is 82.6 Å². The van der Waals surface area contributed by atoms with Crippen LogP contribution >= 0.6 is 0 Å². The predicted octanol–water partition coefficient (Wildman–Crippen LogP) is -0.436. The van der Waals surface area contributed by atoms with Crippen LogP contribution in [0.3, 0.4) is 0 Å². The van der Waals surface area contributed by atoms with Crippen molar-refractivity contribution in [3.05, 3.63) is 52.0 Å². The number of aromatic nitrogens is 2. The third-order valence-electron chi connectivity index (χ3n) is 3.33. The van der Waals surface area contributed by atoms with Crippen molar-refractivity contribution < 1.29 is 19.0 Å². The summed E-state index contributed by atoms with van der Waals surface area (Å²) in [5, 5.41) is 12.6. The number of aliphatic hydroxyl groups excluding tert-OH is 1. The summed E-state index contributed by atoms with van der Waals surface area (Å²) in [6.07, 6.45) is -1.04. The molecular formula is C13H16N3O4+. The van der Waals surface area contributed by atoms with Crippen LogP contribution < -0.4 is 10.3 Å². The number of hydrogen-bond donors (Lipinski definition) is 2. The summed E-state index contributed by atoms with van der Waals surface area (Å²) in [7, 11) is 0. The Morgan fingerprint density at radius 3 is 3.05 bits per heavy atom. The second kappa shape index (κ2) is 5.58. The summed E-state index contributed by atoms with van der Waals surface area (Å²) >= 11 is 0. The largest absolute Gasteiger partial charge is 0.431 e. The van der Waals surface area contributed by atoms with Gasteiger partial charge in [0.15, 0.2) is 6.54 Å². The van der Waals surface area contributed by atoms with Crippen LogP contribution in [0.15, 0.2) is 39.6 Å². The maximum atomic E-state index is 11.4. The van der Waals surface area contributed by atoms with Gasteiger partial charge in [0.1, 0.15) is 0 Å². The van der Waals surface area contributed by atoms with Gasteiger partial charge in [-0.3, -0.25) is 4.52 Å². The van der Waals surface area contributed by atoms with E-state index in [4.69, 9.17) is 9.26 Å². The normalized spacial score (nSPS) is 16.9. The molecule has 1 unspecified atom stereocenters. The molecule has 0 fully saturated rings. The first-order valence-corrected chi connectivity index (χ1v) is 6.42. The molecule has 1 aliphatic heterocycles. The number of rotatable bonds is 4. The lowest BCUT2D eigenvalue weighted by Crippen LogP contribution is -2.55. The van der Waals surface area contributed by atoms with Crippen LogP contribution in [0.2, 0.25) is 0 Å². The van der Waals surface area contributed by atoms with Crippen LogP contribution in [0.5, 0.6) is 0 Å². The highest BCUT2D eigenvalue weighted by Gasteiger charge is 2.32. The molecule has 106 valence electrons. The summed E-state index contributed by atoms with van der Waals surface area (Å²) in [6, 6.07) is 9.61. The van der Waals surface area contributed by atoms with Gasteiger partial charge in [-0.05, 0) is 10.8 Å². The van der Waals surface area contributed by atoms with E-state index in [1.165, 1.54) is 0 Å². The zero-order chi connectivity index (χ0) is 13.9. The number of H-pyrrole nitrogens is 1. The SMILES string of the molecule is O=c1o[nH][n+]2c1CN(C(O)OCc1ccccc1)CC2. The molecule has 0 spiro atoms. The van der Waals surface area contributed by atoms with Gasteiger partial charge < -0.3 is 9.84 Å². The maximum absolute atomic E-state index is 11.4. The third kappa shape index (κ3) is 2.64. The number of aliphatic hydroxyl groups is 1. The van der Waals surface area contributed by atoms with Gasteiger partial charge in [-0.1, -0.05) is 35.0 Å². The molecule has 20 heavy (non-hydrogen) atoms. The molecule has 7 nitrogen and oxygen atoms in total. The molecular weight excluding hydrogens is 262 g/mol. The smallest absolute Gasteiger partial charge is 0.356 e. The van der Waals surface area contributed by atoms with Crippen molar-refractivity contribution in [1.29, 1.82) is 0 Å². The van der Waals surface area contributed by atoms with Gasteiger partial charge in [0, 0.05) is 0 Å².